The quantitative estimate of drug-likeness (QED) is 0.451. The Kier molecular flexibility index (Phi) is 5.26. The zero-order valence-electron chi connectivity index (χ0n) is 17.4. The van der Waals surface area contributed by atoms with Gasteiger partial charge >= 0.3 is 0 Å². The van der Waals surface area contributed by atoms with E-state index < -0.39 is 0 Å². The standard InChI is InChI=1S/C24H23BrN4OS/c1-24(2)12-18-20(19(30)13-24)21(16-8-10-17(25)11-9-16)29-22(26-18)27-23(28-29)31-14-15-6-4-3-5-7-15/h3-11,21H,12-14H2,1-2H3,(H,26,27,28)/t21-/m1/s1. The average molecular weight is 495 g/mol. The average Bonchev–Trinajstić information content (AvgIpc) is 3.14. The largest absolute Gasteiger partial charge is 0.328 e. The van der Waals surface area contributed by atoms with E-state index in [1.165, 1.54) is 5.56 Å². The number of nitrogens with one attached hydrogen (secondary N) is 1. The molecule has 0 fully saturated rings. The van der Waals surface area contributed by atoms with Crippen molar-refractivity contribution in [2.75, 3.05) is 5.32 Å². The monoisotopic (exact) mass is 494 g/mol. The van der Waals surface area contributed by atoms with E-state index in [0.717, 1.165) is 33.5 Å². The molecule has 7 heteroatoms. The van der Waals surface area contributed by atoms with E-state index in [1.54, 1.807) is 11.8 Å². The third-order valence-electron chi connectivity index (χ3n) is 5.71. The number of thioether (sulfide) groups is 1. The number of Topliss-reactive ketones (excluding diaryl/α,β-unsaturated/α-hetero) is 1. The molecule has 2 aromatic carbocycles. The van der Waals surface area contributed by atoms with Crippen LogP contribution < -0.4 is 5.32 Å². The Balaban J connectivity index is 1.54. The Morgan fingerprint density at radius 2 is 1.87 bits per heavy atom. The van der Waals surface area contributed by atoms with Gasteiger partial charge in [0.15, 0.2) is 5.78 Å². The highest BCUT2D eigenvalue weighted by atomic mass is 79.9. The van der Waals surface area contributed by atoms with Crippen LogP contribution >= 0.6 is 27.7 Å². The van der Waals surface area contributed by atoms with E-state index in [-0.39, 0.29) is 17.2 Å². The Morgan fingerprint density at radius 1 is 1.13 bits per heavy atom. The Hall–Kier alpha value is -2.38. The van der Waals surface area contributed by atoms with Gasteiger partial charge in [-0.1, -0.05) is 84.0 Å². The van der Waals surface area contributed by atoms with Gasteiger partial charge in [-0.3, -0.25) is 4.79 Å². The minimum atomic E-state index is -0.262. The van der Waals surface area contributed by atoms with Crippen LogP contribution in [0.25, 0.3) is 0 Å². The molecule has 1 atom stereocenters. The van der Waals surface area contributed by atoms with Crippen molar-refractivity contribution in [3.63, 3.8) is 0 Å². The summed E-state index contributed by atoms with van der Waals surface area (Å²) in [5, 5.41) is 8.96. The zero-order chi connectivity index (χ0) is 21.6. The first kappa shape index (κ1) is 20.5. The summed E-state index contributed by atoms with van der Waals surface area (Å²) in [5.41, 5.74) is 4.00. The van der Waals surface area contributed by atoms with E-state index >= 15 is 0 Å². The van der Waals surface area contributed by atoms with Gasteiger partial charge < -0.3 is 5.32 Å². The number of carbonyl (C=O) groups is 1. The number of nitrogens with zero attached hydrogens (tertiary/aromatic N) is 3. The van der Waals surface area contributed by atoms with Crippen LogP contribution in [0.2, 0.25) is 0 Å². The highest BCUT2D eigenvalue weighted by Crippen LogP contribution is 2.45. The molecule has 0 bridgehead atoms. The lowest BCUT2D eigenvalue weighted by Gasteiger charge is -2.38. The van der Waals surface area contributed by atoms with E-state index in [9.17, 15) is 4.79 Å². The summed E-state index contributed by atoms with van der Waals surface area (Å²) in [6.07, 6.45) is 1.36. The zero-order valence-corrected chi connectivity index (χ0v) is 19.8. The molecule has 1 aromatic heterocycles. The molecular weight excluding hydrogens is 472 g/mol. The number of hydrogen-bond donors (Lipinski definition) is 1. The molecule has 0 saturated carbocycles. The van der Waals surface area contributed by atoms with Gasteiger partial charge in [0.2, 0.25) is 11.1 Å². The first-order valence-electron chi connectivity index (χ1n) is 10.3. The number of ketones is 1. The second-order valence-electron chi connectivity index (χ2n) is 8.85. The molecule has 5 nitrogen and oxygen atoms in total. The van der Waals surface area contributed by atoms with Gasteiger partial charge in [-0.05, 0) is 35.1 Å². The number of carbonyl (C=O) groups excluding carboxylic acids is 1. The predicted octanol–water partition coefficient (Wildman–Crippen LogP) is 5.99. The van der Waals surface area contributed by atoms with Crippen molar-refractivity contribution < 1.29 is 4.79 Å². The van der Waals surface area contributed by atoms with Crippen LogP contribution in [-0.2, 0) is 10.5 Å². The van der Waals surface area contributed by atoms with Crippen molar-refractivity contribution in [3.05, 3.63) is 81.5 Å². The molecule has 0 unspecified atom stereocenters. The van der Waals surface area contributed by atoms with Gasteiger partial charge in [-0.2, -0.15) is 4.98 Å². The molecule has 3 aromatic rings. The molecule has 31 heavy (non-hydrogen) atoms. The Bertz CT molecular complexity index is 1170. The van der Waals surface area contributed by atoms with Crippen molar-refractivity contribution >= 4 is 39.4 Å². The van der Waals surface area contributed by atoms with Crippen LogP contribution in [0.3, 0.4) is 0 Å². The van der Waals surface area contributed by atoms with Crippen molar-refractivity contribution in [1.29, 1.82) is 0 Å². The summed E-state index contributed by atoms with van der Waals surface area (Å²) >= 11 is 5.12. The Labute approximate surface area is 194 Å². The lowest BCUT2D eigenvalue weighted by Crippen LogP contribution is -2.36. The lowest BCUT2D eigenvalue weighted by molar-refractivity contribution is -0.118. The SMILES string of the molecule is CC1(C)CC(=O)C2=C(C1)Nc1nc(SCc3ccccc3)nn1[C@@H]2c1ccc(Br)cc1. The van der Waals surface area contributed by atoms with Gasteiger partial charge in [-0.15, -0.1) is 5.10 Å². The molecule has 5 rings (SSSR count). The molecule has 0 spiro atoms. The van der Waals surface area contributed by atoms with Crippen molar-refractivity contribution in [3.8, 4) is 0 Å². The van der Waals surface area contributed by atoms with Gasteiger partial charge in [-0.25, -0.2) is 4.68 Å². The van der Waals surface area contributed by atoms with E-state index in [1.807, 2.05) is 35.0 Å². The number of hydrogen-bond acceptors (Lipinski definition) is 5. The number of aromatic nitrogens is 3. The van der Waals surface area contributed by atoms with Crippen LogP contribution in [-0.4, -0.2) is 20.5 Å². The van der Waals surface area contributed by atoms with Crippen molar-refractivity contribution in [2.45, 2.75) is 43.6 Å². The fourth-order valence-electron chi connectivity index (χ4n) is 4.33. The van der Waals surface area contributed by atoms with E-state index in [4.69, 9.17) is 10.1 Å². The number of anilines is 1. The van der Waals surface area contributed by atoms with E-state index in [2.05, 4.69) is 59.4 Å². The molecule has 1 aliphatic carbocycles. The minimum Gasteiger partial charge on any atom is -0.328 e. The Morgan fingerprint density at radius 3 is 2.61 bits per heavy atom. The summed E-state index contributed by atoms with van der Waals surface area (Å²) in [6, 6.07) is 18.2. The molecule has 2 heterocycles. The molecule has 1 N–H and O–H groups in total. The van der Waals surface area contributed by atoms with E-state index in [0.29, 0.717) is 17.5 Å². The predicted molar refractivity (Wildman–Crippen MR) is 127 cm³/mol. The summed E-state index contributed by atoms with van der Waals surface area (Å²) < 4.78 is 2.89. The molecule has 158 valence electrons. The van der Waals surface area contributed by atoms with Crippen LogP contribution in [0.5, 0.6) is 0 Å². The molecule has 0 saturated heterocycles. The third kappa shape index (κ3) is 4.08. The summed E-state index contributed by atoms with van der Waals surface area (Å²) in [7, 11) is 0. The van der Waals surface area contributed by atoms with Crippen LogP contribution in [0.15, 0.2) is 75.5 Å². The van der Waals surface area contributed by atoms with Gasteiger partial charge in [0, 0.05) is 27.9 Å². The number of rotatable bonds is 4. The van der Waals surface area contributed by atoms with Gasteiger partial charge in [0.1, 0.15) is 6.04 Å². The number of benzene rings is 2. The summed E-state index contributed by atoms with van der Waals surface area (Å²) in [6.45, 7) is 4.29. The van der Waals surface area contributed by atoms with Crippen LogP contribution in [0, 0.1) is 5.41 Å². The fourth-order valence-corrected chi connectivity index (χ4v) is 5.38. The maximum Gasteiger partial charge on any atom is 0.227 e. The van der Waals surface area contributed by atoms with Crippen molar-refractivity contribution in [2.24, 2.45) is 5.41 Å². The molecule has 2 aliphatic rings. The first-order valence-corrected chi connectivity index (χ1v) is 12.1. The third-order valence-corrected chi connectivity index (χ3v) is 7.15. The molecule has 0 radical (unpaired) electrons. The second-order valence-corrected chi connectivity index (χ2v) is 10.7. The summed E-state index contributed by atoms with van der Waals surface area (Å²) in [5.74, 6) is 1.69. The maximum absolute atomic E-state index is 13.2. The van der Waals surface area contributed by atoms with Crippen LogP contribution in [0.4, 0.5) is 5.95 Å². The molecular formula is C24H23BrN4OS. The smallest absolute Gasteiger partial charge is 0.227 e. The minimum absolute atomic E-state index is 0.0692. The van der Waals surface area contributed by atoms with Gasteiger partial charge in [0.25, 0.3) is 0 Å². The number of allylic oxidation sites excluding steroid dienone is 2. The highest BCUT2D eigenvalue weighted by Gasteiger charge is 2.41. The second kappa shape index (κ2) is 7.95. The highest BCUT2D eigenvalue weighted by molar-refractivity contribution is 9.10. The molecule has 1 aliphatic heterocycles. The fraction of sp³-hybridized carbons (Fsp3) is 0.292. The topological polar surface area (TPSA) is 59.8 Å². The van der Waals surface area contributed by atoms with Crippen LogP contribution in [0.1, 0.15) is 43.9 Å². The van der Waals surface area contributed by atoms with Gasteiger partial charge in [0.05, 0.1) is 0 Å². The molecule has 0 amide bonds. The maximum atomic E-state index is 13.2. The normalized spacial score (nSPS) is 19.6. The van der Waals surface area contributed by atoms with Crippen molar-refractivity contribution in [1.82, 2.24) is 14.8 Å². The number of halogens is 1. The number of fused-ring (bicyclic) bond motifs is 1. The summed E-state index contributed by atoms with van der Waals surface area (Å²) in [4.78, 5) is 18.0. The first-order chi connectivity index (χ1) is 14.9. The lowest BCUT2D eigenvalue weighted by atomic mass is 9.73.